The molecular formula is C21H23NO5. The second-order valence-corrected chi connectivity index (χ2v) is 6.57. The van der Waals surface area contributed by atoms with Gasteiger partial charge in [-0.1, -0.05) is 12.1 Å². The van der Waals surface area contributed by atoms with Crippen LogP contribution in [-0.2, 0) is 24.2 Å². The van der Waals surface area contributed by atoms with Crippen LogP contribution in [-0.4, -0.2) is 42.6 Å². The molecule has 0 fully saturated rings. The van der Waals surface area contributed by atoms with Gasteiger partial charge in [0.2, 0.25) is 0 Å². The Bertz CT molecular complexity index is 839. The molecule has 0 aromatic heterocycles. The van der Waals surface area contributed by atoms with Gasteiger partial charge < -0.3 is 19.5 Å². The zero-order valence-electron chi connectivity index (χ0n) is 15.5. The van der Waals surface area contributed by atoms with Crippen LogP contribution in [0.4, 0.5) is 0 Å². The molecule has 142 valence electrons. The standard InChI is InChI=1S/C21H23NO5/c1-26-16-9-14(10-17(11-16)27-2)12-22(13-20(23)24)21(25)19-8-4-6-15-5-3-7-18(15)19/h4,6,8-11H,3,5,7,12-13H2,1-2H3,(H,23,24). The average molecular weight is 369 g/mol. The Kier molecular flexibility index (Phi) is 5.64. The molecule has 0 saturated heterocycles. The number of carboxylic acid groups (broad SMARTS) is 1. The first-order valence-electron chi connectivity index (χ1n) is 8.85. The number of aliphatic carboxylic acids is 1. The Morgan fingerprint density at radius 3 is 2.41 bits per heavy atom. The van der Waals surface area contributed by atoms with Crippen molar-refractivity contribution in [3.05, 3.63) is 58.7 Å². The molecule has 1 aliphatic rings. The summed E-state index contributed by atoms with van der Waals surface area (Å²) >= 11 is 0. The van der Waals surface area contributed by atoms with E-state index in [1.165, 1.54) is 10.5 Å². The number of methoxy groups -OCH3 is 2. The lowest BCUT2D eigenvalue weighted by molar-refractivity contribution is -0.137. The summed E-state index contributed by atoms with van der Waals surface area (Å²) in [4.78, 5) is 25.9. The number of fused-ring (bicyclic) bond motifs is 1. The van der Waals surface area contributed by atoms with E-state index in [9.17, 15) is 14.7 Å². The van der Waals surface area contributed by atoms with E-state index in [1.54, 1.807) is 38.5 Å². The van der Waals surface area contributed by atoms with E-state index in [0.29, 0.717) is 17.1 Å². The van der Waals surface area contributed by atoms with E-state index < -0.39 is 5.97 Å². The lowest BCUT2D eigenvalue weighted by Gasteiger charge is -2.23. The number of carboxylic acids is 1. The number of ether oxygens (including phenoxy) is 2. The molecule has 27 heavy (non-hydrogen) atoms. The number of carbonyl (C=O) groups excluding carboxylic acids is 1. The zero-order valence-corrected chi connectivity index (χ0v) is 15.5. The van der Waals surface area contributed by atoms with E-state index in [4.69, 9.17) is 9.47 Å². The molecule has 6 heteroatoms. The predicted octanol–water partition coefficient (Wildman–Crippen LogP) is 2.92. The molecular weight excluding hydrogens is 346 g/mol. The van der Waals surface area contributed by atoms with E-state index in [0.717, 1.165) is 30.4 Å². The summed E-state index contributed by atoms with van der Waals surface area (Å²) in [7, 11) is 3.10. The lowest BCUT2D eigenvalue weighted by Crippen LogP contribution is -2.35. The number of rotatable bonds is 7. The minimum atomic E-state index is -1.05. The molecule has 0 heterocycles. The van der Waals surface area contributed by atoms with E-state index in [-0.39, 0.29) is 19.0 Å². The SMILES string of the molecule is COc1cc(CN(CC(=O)O)C(=O)c2cccc3c2CCC3)cc(OC)c1. The fourth-order valence-corrected chi connectivity index (χ4v) is 3.53. The first kappa shape index (κ1) is 18.8. The van der Waals surface area contributed by atoms with Gasteiger partial charge in [0, 0.05) is 18.2 Å². The summed E-state index contributed by atoms with van der Waals surface area (Å²) in [5, 5.41) is 9.31. The maximum atomic E-state index is 13.2. The van der Waals surface area contributed by atoms with E-state index in [2.05, 4.69) is 0 Å². The molecule has 3 rings (SSSR count). The van der Waals surface area contributed by atoms with Crippen LogP contribution < -0.4 is 9.47 Å². The molecule has 2 aromatic carbocycles. The quantitative estimate of drug-likeness (QED) is 0.812. The maximum Gasteiger partial charge on any atom is 0.323 e. The van der Waals surface area contributed by atoms with Crippen LogP contribution in [0.25, 0.3) is 0 Å². The van der Waals surface area contributed by atoms with Crippen molar-refractivity contribution < 1.29 is 24.2 Å². The van der Waals surface area contributed by atoms with Gasteiger partial charge in [-0.15, -0.1) is 0 Å². The van der Waals surface area contributed by atoms with Crippen LogP contribution in [0, 0.1) is 0 Å². The number of hydrogen-bond donors (Lipinski definition) is 1. The number of benzene rings is 2. The highest BCUT2D eigenvalue weighted by molar-refractivity contribution is 5.97. The topological polar surface area (TPSA) is 76.1 Å². The van der Waals surface area contributed by atoms with Gasteiger partial charge >= 0.3 is 5.97 Å². The third kappa shape index (κ3) is 4.22. The smallest absolute Gasteiger partial charge is 0.323 e. The van der Waals surface area contributed by atoms with Gasteiger partial charge in [-0.3, -0.25) is 9.59 Å². The van der Waals surface area contributed by atoms with Gasteiger partial charge in [-0.25, -0.2) is 0 Å². The molecule has 0 radical (unpaired) electrons. The number of nitrogens with zero attached hydrogens (tertiary/aromatic N) is 1. The van der Waals surface area contributed by atoms with Crippen LogP contribution in [0.2, 0.25) is 0 Å². The molecule has 0 spiro atoms. The van der Waals surface area contributed by atoms with E-state index >= 15 is 0 Å². The molecule has 6 nitrogen and oxygen atoms in total. The third-order valence-electron chi connectivity index (χ3n) is 4.77. The molecule has 0 saturated carbocycles. The van der Waals surface area contributed by atoms with Crippen molar-refractivity contribution in [3.8, 4) is 11.5 Å². The Labute approximate surface area is 158 Å². The number of aryl methyl sites for hydroxylation is 1. The number of amides is 1. The summed E-state index contributed by atoms with van der Waals surface area (Å²) in [5.41, 5.74) is 3.56. The van der Waals surface area contributed by atoms with Gasteiger partial charge in [0.1, 0.15) is 18.0 Å². The molecule has 2 aromatic rings. The highest BCUT2D eigenvalue weighted by Crippen LogP contribution is 2.28. The Morgan fingerprint density at radius 2 is 1.78 bits per heavy atom. The second kappa shape index (κ2) is 8.12. The monoisotopic (exact) mass is 369 g/mol. The minimum absolute atomic E-state index is 0.155. The number of hydrogen-bond acceptors (Lipinski definition) is 4. The van der Waals surface area contributed by atoms with Gasteiger partial charge in [0.25, 0.3) is 5.91 Å². The molecule has 0 atom stereocenters. The summed E-state index contributed by atoms with van der Waals surface area (Å²) < 4.78 is 10.5. The van der Waals surface area contributed by atoms with Gasteiger partial charge in [-0.2, -0.15) is 0 Å². The third-order valence-corrected chi connectivity index (χ3v) is 4.77. The highest BCUT2D eigenvalue weighted by atomic mass is 16.5. The molecule has 0 bridgehead atoms. The van der Waals surface area contributed by atoms with E-state index in [1.807, 2.05) is 12.1 Å². The van der Waals surface area contributed by atoms with Crippen LogP contribution in [0.1, 0.15) is 33.5 Å². The molecule has 1 amide bonds. The van der Waals surface area contributed by atoms with Crippen molar-refractivity contribution in [1.29, 1.82) is 0 Å². The fourth-order valence-electron chi connectivity index (χ4n) is 3.53. The lowest BCUT2D eigenvalue weighted by atomic mass is 10.0. The fraction of sp³-hybridized carbons (Fsp3) is 0.333. The van der Waals surface area contributed by atoms with Crippen molar-refractivity contribution >= 4 is 11.9 Å². The molecule has 1 aliphatic carbocycles. The number of carbonyl (C=O) groups is 2. The van der Waals surface area contributed by atoms with Crippen molar-refractivity contribution in [2.45, 2.75) is 25.8 Å². The van der Waals surface area contributed by atoms with Crippen molar-refractivity contribution in [2.75, 3.05) is 20.8 Å². The Hall–Kier alpha value is -3.02. The van der Waals surface area contributed by atoms with Crippen molar-refractivity contribution in [2.24, 2.45) is 0 Å². The van der Waals surface area contributed by atoms with Crippen LogP contribution in [0.15, 0.2) is 36.4 Å². The molecule has 0 aliphatic heterocycles. The minimum Gasteiger partial charge on any atom is -0.497 e. The zero-order chi connectivity index (χ0) is 19.4. The first-order valence-corrected chi connectivity index (χ1v) is 8.85. The maximum absolute atomic E-state index is 13.2. The molecule has 1 N–H and O–H groups in total. The van der Waals surface area contributed by atoms with Crippen LogP contribution in [0.3, 0.4) is 0 Å². The Morgan fingerprint density at radius 1 is 1.07 bits per heavy atom. The normalized spacial score (nSPS) is 12.4. The molecule has 0 unspecified atom stereocenters. The highest BCUT2D eigenvalue weighted by Gasteiger charge is 2.24. The predicted molar refractivity (Wildman–Crippen MR) is 100 cm³/mol. The van der Waals surface area contributed by atoms with Gasteiger partial charge in [0.15, 0.2) is 0 Å². The summed E-state index contributed by atoms with van der Waals surface area (Å²) in [5.74, 6) is -0.135. The average Bonchev–Trinajstić information content (AvgIpc) is 3.15. The van der Waals surface area contributed by atoms with Gasteiger partial charge in [-0.05, 0) is 54.2 Å². The van der Waals surface area contributed by atoms with Crippen LogP contribution in [0.5, 0.6) is 11.5 Å². The second-order valence-electron chi connectivity index (χ2n) is 6.57. The van der Waals surface area contributed by atoms with Gasteiger partial charge in [0.05, 0.1) is 14.2 Å². The summed E-state index contributed by atoms with van der Waals surface area (Å²) in [6, 6.07) is 11.0. The van der Waals surface area contributed by atoms with Crippen molar-refractivity contribution in [1.82, 2.24) is 4.90 Å². The largest absolute Gasteiger partial charge is 0.497 e. The summed E-state index contributed by atoms with van der Waals surface area (Å²) in [6.07, 6.45) is 2.83. The summed E-state index contributed by atoms with van der Waals surface area (Å²) in [6.45, 7) is -0.218. The first-order chi connectivity index (χ1) is 13.0. The van der Waals surface area contributed by atoms with Crippen LogP contribution >= 0.6 is 0 Å². The van der Waals surface area contributed by atoms with Crippen molar-refractivity contribution in [3.63, 3.8) is 0 Å². The Balaban J connectivity index is 1.92.